The minimum atomic E-state index is -3.55. The first-order valence-corrected chi connectivity index (χ1v) is 11.5. The van der Waals surface area contributed by atoms with Crippen molar-refractivity contribution in [3.05, 3.63) is 90.5 Å². The molecular weight excluding hydrogens is 374 g/mol. The van der Waals surface area contributed by atoms with Gasteiger partial charge in [0.05, 0.1) is 4.90 Å². The van der Waals surface area contributed by atoms with Crippen LogP contribution in [-0.4, -0.2) is 25.5 Å². The van der Waals surface area contributed by atoms with E-state index >= 15 is 0 Å². The molecule has 3 aromatic carbocycles. The van der Waals surface area contributed by atoms with Gasteiger partial charge in [0.1, 0.15) is 0 Å². The predicted molar refractivity (Wildman–Crippen MR) is 112 cm³/mol. The molecule has 1 saturated heterocycles. The number of nitrogens with one attached hydrogen (secondary N) is 1. The summed E-state index contributed by atoms with van der Waals surface area (Å²) in [6, 6.07) is 27.0. The molecule has 1 aliphatic heterocycles. The molecule has 0 amide bonds. The molecule has 138 valence electrons. The summed E-state index contributed by atoms with van der Waals surface area (Å²) in [5, 5.41) is 0.351. The normalized spacial score (nSPS) is 17.4. The molecule has 2 atom stereocenters. The Kier molecular flexibility index (Phi) is 5.34. The molecule has 0 saturated carbocycles. The fraction of sp³-hybridized carbons (Fsp3) is 0.182. The summed E-state index contributed by atoms with van der Waals surface area (Å²) in [6.07, 6.45) is 0.708. The molecule has 0 aliphatic carbocycles. The molecule has 4 rings (SSSR count). The summed E-state index contributed by atoms with van der Waals surface area (Å²) < 4.78 is 28.7. The number of hydrogen-bond acceptors (Lipinski definition) is 3. The summed E-state index contributed by atoms with van der Waals surface area (Å²) in [5.74, 6) is 1.01. The maximum absolute atomic E-state index is 12.9. The van der Waals surface area contributed by atoms with E-state index < -0.39 is 10.0 Å². The van der Waals surface area contributed by atoms with Gasteiger partial charge in [0.2, 0.25) is 10.0 Å². The third-order valence-corrected chi connectivity index (χ3v) is 7.24. The maximum Gasteiger partial charge on any atom is 0.240 e. The molecule has 0 spiro atoms. The van der Waals surface area contributed by atoms with Gasteiger partial charge >= 0.3 is 0 Å². The zero-order valence-electron chi connectivity index (χ0n) is 14.8. The molecule has 0 aromatic heterocycles. The quantitative estimate of drug-likeness (QED) is 0.605. The number of hydrogen-bond donors (Lipinski definition) is 1. The highest BCUT2D eigenvalue weighted by Gasteiger charge is 2.35. The zero-order valence-corrected chi connectivity index (χ0v) is 16.4. The first-order chi connectivity index (χ1) is 13.1. The summed E-state index contributed by atoms with van der Waals surface area (Å²) in [6.45, 7) is 0. The van der Waals surface area contributed by atoms with Crippen LogP contribution in [0.2, 0.25) is 0 Å². The Hall–Kier alpha value is -2.08. The lowest BCUT2D eigenvalue weighted by Crippen LogP contribution is -2.39. The molecule has 3 aromatic rings. The van der Waals surface area contributed by atoms with Crippen molar-refractivity contribution in [1.29, 1.82) is 0 Å². The predicted octanol–water partition coefficient (Wildman–Crippen LogP) is 4.36. The molecular formula is C22H21NO2S2. The maximum atomic E-state index is 12.9. The first-order valence-electron chi connectivity index (χ1n) is 8.95. The van der Waals surface area contributed by atoms with Crippen molar-refractivity contribution in [3.8, 4) is 11.1 Å². The van der Waals surface area contributed by atoms with Gasteiger partial charge in [0.15, 0.2) is 0 Å². The van der Waals surface area contributed by atoms with Gasteiger partial charge in [-0.25, -0.2) is 13.1 Å². The minimum absolute atomic E-state index is 0.0869. The summed E-state index contributed by atoms with van der Waals surface area (Å²) in [4.78, 5) is 0.311. The van der Waals surface area contributed by atoms with E-state index in [-0.39, 0.29) is 6.04 Å². The van der Waals surface area contributed by atoms with Crippen LogP contribution in [0.1, 0.15) is 5.56 Å². The molecule has 0 radical (unpaired) electrons. The van der Waals surface area contributed by atoms with Crippen LogP contribution in [0.4, 0.5) is 0 Å². The van der Waals surface area contributed by atoms with Gasteiger partial charge in [-0.2, -0.15) is 11.8 Å². The van der Waals surface area contributed by atoms with Gasteiger partial charge in [-0.05, 0) is 35.2 Å². The molecule has 1 fully saturated rings. The van der Waals surface area contributed by atoms with Gasteiger partial charge in [0, 0.05) is 17.0 Å². The topological polar surface area (TPSA) is 46.2 Å². The highest BCUT2D eigenvalue weighted by Crippen LogP contribution is 2.35. The fourth-order valence-corrected chi connectivity index (χ4v) is 5.23. The van der Waals surface area contributed by atoms with Crippen LogP contribution in [0.5, 0.6) is 0 Å². The van der Waals surface area contributed by atoms with Crippen LogP contribution >= 0.6 is 11.8 Å². The van der Waals surface area contributed by atoms with E-state index in [9.17, 15) is 8.42 Å². The van der Waals surface area contributed by atoms with Crippen molar-refractivity contribution in [2.45, 2.75) is 22.6 Å². The standard InChI is InChI=1S/C22H21NO2S2/c24-27(25,20-13-11-19(12-14-20)18-9-5-2-6-10-18)23-21(22-16-26-22)15-17-7-3-1-4-8-17/h1-14,21-23H,15-16H2/t21-,22+/m1/s1. The van der Waals surface area contributed by atoms with Gasteiger partial charge in [0.25, 0.3) is 0 Å². The van der Waals surface area contributed by atoms with Crippen molar-refractivity contribution < 1.29 is 8.42 Å². The molecule has 0 bridgehead atoms. The molecule has 1 N–H and O–H groups in total. The monoisotopic (exact) mass is 395 g/mol. The highest BCUT2D eigenvalue weighted by molar-refractivity contribution is 8.07. The van der Waals surface area contributed by atoms with E-state index in [1.807, 2.05) is 72.8 Å². The van der Waals surface area contributed by atoms with Crippen LogP contribution < -0.4 is 4.72 Å². The Balaban J connectivity index is 1.51. The van der Waals surface area contributed by atoms with Gasteiger partial charge in [-0.3, -0.25) is 0 Å². The Labute approximate surface area is 164 Å². The lowest BCUT2D eigenvalue weighted by Gasteiger charge is -2.18. The molecule has 0 unspecified atom stereocenters. The summed E-state index contributed by atoms with van der Waals surface area (Å²) in [7, 11) is -3.55. The van der Waals surface area contributed by atoms with Crippen LogP contribution in [0, 0.1) is 0 Å². The molecule has 27 heavy (non-hydrogen) atoms. The van der Waals surface area contributed by atoms with Crippen molar-refractivity contribution in [2.24, 2.45) is 0 Å². The average molecular weight is 396 g/mol. The second-order valence-corrected chi connectivity index (χ2v) is 9.67. The van der Waals surface area contributed by atoms with E-state index in [4.69, 9.17) is 0 Å². The largest absolute Gasteiger partial charge is 0.240 e. The Bertz CT molecular complexity index is 984. The number of rotatable bonds is 7. The van der Waals surface area contributed by atoms with Crippen molar-refractivity contribution >= 4 is 21.8 Å². The third-order valence-electron chi connectivity index (χ3n) is 4.68. The number of thioether (sulfide) groups is 1. The second-order valence-electron chi connectivity index (χ2n) is 6.68. The Morgan fingerprint density at radius 2 is 1.41 bits per heavy atom. The van der Waals surface area contributed by atoms with Gasteiger partial charge in [-0.1, -0.05) is 72.8 Å². The van der Waals surface area contributed by atoms with Crippen LogP contribution in [0.3, 0.4) is 0 Å². The van der Waals surface area contributed by atoms with Crippen molar-refractivity contribution in [2.75, 3.05) is 5.75 Å². The summed E-state index contributed by atoms with van der Waals surface area (Å²) in [5.41, 5.74) is 3.23. The molecule has 3 nitrogen and oxygen atoms in total. The number of sulfonamides is 1. The van der Waals surface area contributed by atoms with E-state index in [1.54, 1.807) is 23.9 Å². The smallest absolute Gasteiger partial charge is 0.207 e. The highest BCUT2D eigenvalue weighted by atomic mass is 32.2. The fourth-order valence-electron chi connectivity index (χ4n) is 3.13. The molecule has 1 heterocycles. The van der Waals surface area contributed by atoms with E-state index in [0.717, 1.165) is 22.4 Å². The third kappa shape index (κ3) is 4.61. The molecule has 1 aliphatic rings. The zero-order chi connectivity index (χ0) is 18.7. The lowest BCUT2D eigenvalue weighted by atomic mass is 10.1. The average Bonchev–Trinajstić information content (AvgIpc) is 3.54. The van der Waals surface area contributed by atoms with E-state index in [1.165, 1.54) is 0 Å². The van der Waals surface area contributed by atoms with Crippen LogP contribution in [0.25, 0.3) is 11.1 Å². The van der Waals surface area contributed by atoms with Gasteiger partial charge < -0.3 is 0 Å². The lowest BCUT2D eigenvalue weighted by molar-refractivity contribution is 0.551. The minimum Gasteiger partial charge on any atom is -0.207 e. The van der Waals surface area contributed by atoms with Crippen molar-refractivity contribution in [1.82, 2.24) is 4.72 Å². The van der Waals surface area contributed by atoms with E-state index in [0.29, 0.717) is 16.6 Å². The summed E-state index contributed by atoms with van der Waals surface area (Å²) >= 11 is 1.80. The number of benzene rings is 3. The molecule has 5 heteroatoms. The second kappa shape index (κ2) is 7.89. The first kappa shape index (κ1) is 18.3. The van der Waals surface area contributed by atoms with Crippen LogP contribution in [0.15, 0.2) is 89.8 Å². The van der Waals surface area contributed by atoms with Gasteiger partial charge in [-0.15, -0.1) is 0 Å². The Morgan fingerprint density at radius 1 is 0.852 bits per heavy atom. The van der Waals surface area contributed by atoms with Crippen molar-refractivity contribution in [3.63, 3.8) is 0 Å². The SMILES string of the molecule is O=S(=O)(N[C@H](Cc1ccccc1)[C@@H]1CS1)c1ccc(-c2ccccc2)cc1. The Morgan fingerprint density at radius 3 is 2.00 bits per heavy atom. The van der Waals surface area contributed by atoms with E-state index in [2.05, 4.69) is 4.72 Å². The van der Waals surface area contributed by atoms with Crippen LogP contribution in [-0.2, 0) is 16.4 Å².